The number of benzene rings is 3. The molecule has 3 aromatic carbocycles. The minimum Gasteiger partial charge on any atom is -0.506 e. The van der Waals surface area contributed by atoms with Crippen LogP contribution in [0.15, 0.2) is 65.5 Å². The second kappa shape index (κ2) is 12.8. The lowest BCUT2D eigenvalue weighted by atomic mass is 10.1. The summed E-state index contributed by atoms with van der Waals surface area (Å²) >= 11 is 1.16. The first-order valence-electron chi connectivity index (χ1n) is 14.1. The van der Waals surface area contributed by atoms with Crippen LogP contribution in [0.25, 0.3) is 10.2 Å². The minimum atomic E-state index is -0.273. The maximum atomic E-state index is 12.0. The quantitative estimate of drug-likeness (QED) is 0.230. The Bertz CT molecular complexity index is 1490. The molecule has 7 nitrogen and oxygen atoms in total. The number of carbonyl (C=O) groups excluding carboxylic acids is 1. The van der Waals surface area contributed by atoms with Crippen molar-refractivity contribution in [3.8, 4) is 5.75 Å². The molecule has 40 heavy (non-hydrogen) atoms. The Hall–Kier alpha value is -3.46. The molecule has 0 bridgehead atoms. The summed E-state index contributed by atoms with van der Waals surface area (Å²) in [4.78, 5) is 31.2. The molecule has 1 heterocycles. The van der Waals surface area contributed by atoms with Crippen molar-refractivity contribution >= 4 is 27.5 Å². The van der Waals surface area contributed by atoms with Crippen LogP contribution in [0.2, 0.25) is 0 Å². The van der Waals surface area contributed by atoms with Gasteiger partial charge in [-0.05, 0) is 60.9 Å². The van der Waals surface area contributed by atoms with E-state index in [0.29, 0.717) is 24.5 Å². The Balaban J connectivity index is 1.30. The lowest BCUT2D eigenvalue weighted by Crippen LogP contribution is -2.43. The number of aryl methyl sites for hydroxylation is 1. The fraction of sp³-hybridized carbons (Fsp3) is 0.375. The number of amides is 1. The molecular formula is C32H38N4O3S. The molecule has 0 spiro atoms. The van der Waals surface area contributed by atoms with E-state index in [2.05, 4.69) is 70.2 Å². The molecule has 4 N–H and O–H groups in total. The number of rotatable bonds is 13. The summed E-state index contributed by atoms with van der Waals surface area (Å²) in [6, 6.07) is 21.3. The number of fused-ring (bicyclic) bond motifs is 2. The number of phenolic OH excluding ortho intramolecular Hbond substituents is 1. The highest BCUT2D eigenvalue weighted by atomic mass is 32.1. The molecule has 0 aliphatic heterocycles. The van der Waals surface area contributed by atoms with Gasteiger partial charge in [-0.2, -0.15) is 0 Å². The molecule has 8 heteroatoms. The minimum absolute atomic E-state index is 0.110. The van der Waals surface area contributed by atoms with E-state index in [9.17, 15) is 14.7 Å². The number of thiazole rings is 1. The van der Waals surface area contributed by atoms with Crippen LogP contribution in [0.5, 0.6) is 5.75 Å². The fourth-order valence-electron chi connectivity index (χ4n) is 5.72. The summed E-state index contributed by atoms with van der Waals surface area (Å²) in [5.41, 5.74) is 12.5. The zero-order chi connectivity index (χ0) is 28.1. The number of carbonyl (C=O) groups is 1. The Morgan fingerprint density at radius 3 is 2.38 bits per heavy atom. The van der Waals surface area contributed by atoms with Crippen molar-refractivity contribution in [1.29, 1.82) is 0 Å². The molecule has 0 atom stereocenters. The Kier molecular flexibility index (Phi) is 8.99. The number of hydrogen-bond acceptors (Lipinski definition) is 6. The van der Waals surface area contributed by atoms with E-state index in [1.807, 2.05) is 6.07 Å². The zero-order valence-corrected chi connectivity index (χ0v) is 23.9. The zero-order valence-electron chi connectivity index (χ0n) is 23.1. The average Bonchev–Trinajstić information content (AvgIpc) is 3.55. The largest absolute Gasteiger partial charge is 0.506 e. The SMILES string of the molecule is Cc1ccc(CCN(CCC(N)=O)CCN(CCc2ccc(O)c3[nH]c(=O)sc23)C2Cc3ccccc3C2)cc1. The smallest absolute Gasteiger partial charge is 0.305 e. The number of aromatic hydroxyl groups is 1. The Morgan fingerprint density at radius 1 is 0.950 bits per heavy atom. The first-order valence-corrected chi connectivity index (χ1v) is 14.9. The van der Waals surface area contributed by atoms with Crippen LogP contribution in [0, 0.1) is 6.92 Å². The number of hydrogen-bond donors (Lipinski definition) is 3. The summed E-state index contributed by atoms with van der Waals surface area (Å²) in [6.07, 6.45) is 4.08. The van der Waals surface area contributed by atoms with Gasteiger partial charge >= 0.3 is 4.87 Å². The van der Waals surface area contributed by atoms with Gasteiger partial charge in [0.2, 0.25) is 5.91 Å². The second-order valence-electron chi connectivity index (χ2n) is 10.9. The van der Waals surface area contributed by atoms with Crippen molar-refractivity contribution < 1.29 is 9.90 Å². The number of nitrogens with one attached hydrogen (secondary N) is 1. The molecule has 5 rings (SSSR count). The normalized spacial score (nSPS) is 13.5. The molecule has 1 aliphatic rings. The van der Waals surface area contributed by atoms with Crippen LogP contribution in [0.4, 0.5) is 0 Å². The Morgan fingerprint density at radius 2 is 1.68 bits per heavy atom. The highest BCUT2D eigenvalue weighted by Gasteiger charge is 2.27. The highest BCUT2D eigenvalue weighted by Crippen LogP contribution is 2.29. The van der Waals surface area contributed by atoms with Gasteiger partial charge in [-0.3, -0.25) is 14.5 Å². The number of aromatic nitrogens is 1. The van der Waals surface area contributed by atoms with Gasteiger partial charge < -0.3 is 20.7 Å². The van der Waals surface area contributed by atoms with Crippen molar-refractivity contribution in [3.05, 3.63) is 98.1 Å². The monoisotopic (exact) mass is 558 g/mol. The lowest BCUT2D eigenvalue weighted by Gasteiger charge is -2.32. The summed E-state index contributed by atoms with van der Waals surface area (Å²) in [6.45, 7) is 6.16. The molecule has 1 amide bonds. The maximum absolute atomic E-state index is 12.0. The van der Waals surface area contributed by atoms with Crippen molar-refractivity contribution in [2.24, 2.45) is 5.73 Å². The van der Waals surface area contributed by atoms with Crippen LogP contribution < -0.4 is 10.6 Å². The van der Waals surface area contributed by atoms with Crippen LogP contribution in [-0.2, 0) is 30.5 Å². The van der Waals surface area contributed by atoms with E-state index < -0.39 is 0 Å². The van der Waals surface area contributed by atoms with Gasteiger partial charge in [-0.1, -0.05) is 71.5 Å². The first kappa shape index (κ1) is 28.1. The number of nitrogens with zero attached hydrogens (tertiary/aromatic N) is 2. The molecule has 0 fully saturated rings. The third-order valence-electron chi connectivity index (χ3n) is 8.07. The molecule has 0 saturated carbocycles. The predicted molar refractivity (Wildman–Crippen MR) is 162 cm³/mol. The number of primary amides is 1. The van der Waals surface area contributed by atoms with E-state index in [0.717, 1.165) is 73.5 Å². The molecule has 1 aromatic heterocycles. The standard InChI is InChI=1S/C32H38N4O3S/c1-22-6-8-23(9-7-22)12-15-35(16-14-29(33)38)18-19-36(27-20-25-4-2-3-5-26(25)21-27)17-13-24-10-11-28(37)30-31(24)40-32(39)34-30/h2-11,27,37H,12-21H2,1H3,(H2,33,38)(H,34,39). The van der Waals surface area contributed by atoms with Gasteiger partial charge in [0, 0.05) is 45.2 Å². The molecule has 1 aliphatic carbocycles. The van der Waals surface area contributed by atoms with E-state index in [4.69, 9.17) is 5.73 Å². The molecule has 210 valence electrons. The Labute approximate surface area is 239 Å². The average molecular weight is 559 g/mol. The van der Waals surface area contributed by atoms with Crippen molar-refractivity contribution in [2.45, 2.75) is 45.1 Å². The number of phenols is 1. The fourth-order valence-corrected chi connectivity index (χ4v) is 6.62. The van der Waals surface area contributed by atoms with Crippen LogP contribution in [0.1, 0.15) is 34.2 Å². The number of H-pyrrole nitrogens is 1. The summed E-state index contributed by atoms with van der Waals surface area (Å²) in [5, 5.41) is 10.2. The number of nitrogens with two attached hydrogens (primary N) is 1. The van der Waals surface area contributed by atoms with Gasteiger partial charge in [0.15, 0.2) is 0 Å². The molecule has 4 aromatic rings. The van der Waals surface area contributed by atoms with E-state index in [-0.39, 0.29) is 16.5 Å². The topological polar surface area (TPSA) is 103 Å². The molecule has 0 saturated heterocycles. The van der Waals surface area contributed by atoms with Crippen LogP contribution in [-0.4, -0.2) is 64.6 Å². The second-order valence-corrected chi connectivity index (χ2v) is 11.9. The van der Waals surface area contributed by atoms with Gasteiger partial charge in [0.25, 0.3) is 0 Å². The van der Waals surface area contributed by atoms with Crippen LogP contribution >= 0.6 is 11.3 Å². The molecular weight excluding hydrogens is 520 g/mol. The van der Waals surface area contributed by atoms with Crippen molar-refractivity contribution in [3.63, 3.8) is 0 Å². The highest BCUT2D eigenvalue weighted by molar-refractivity contribution is 7.16. The summed E-state index contributed by atoms with van der Waals surface area (Å²) in [5.74, 6) is -0.163. The van der Waals surface area contributed by atoms with Gasteiger partial charge in [-0.25, -0.2) is 0 Å². The summed E-state index contributed by atoms with van der Waals surface area (Å²) < 4.78 is 0.834. The lowest BCUT2D eigenvalue weighted by molar-refractivity contribution is -0.118. The summed E-state index contributed by atoms with van der Waals surface area (Å²) in [7, 11) is 0. The van der Waals surface area contributed by atoms with Gasteiger partial charge in [0.05, 0.1) is 4.70 Å². The van der Waals surface area contributed by atoms with E-state index in [1.54, 1.807) is 6.07 Å². The van der Waals surface area contributed by atoms with Crippen molar-refractivity contribution in [1.82, 2.24) is 14.8 Å². The third kappa shape index (κ3) is 6.99. The maximum Gasteiger partial charge on any atom is 0.305 e. The molecule has 0 radical (unpaired) electrons. The van der Waals surface area contributed by atoms with Crippen LogP contribution in [0.3, 0.4) is 0 Å². The number of aromatic amines is 1. The first-order chi connectivity index (χ1) is 19.4. The van der Waals surface area contributed by atoms with E-state index >= 15 is 0 Å². The third-order valence-corrected chi connectivity index (χ3v) is 9.03. The van der Waals surface area contributed by atoms with Gasteiger partial charge in [-0.15, -0.1) is 0 Å². The van der Waals surface area contributed by atoms with E-state index in [1.165, 1.54) is 22.3 Å². The predicted octanol–water partition coefficient (Wildman–Crippen LogP) is 4.04. The van der Waals surface area contributed by atoms with Gasteiger partial charge in [0.1, 0.15) is 11.3 Å². The van der Waals surface area contributed by atoms with Crippen molar-refractivity contribution in [2.75, 3.05) is 32.7 Å². The molecule has 0 unspecified atom stereocenters.